The van der Waals surface area contributed by atoms with Gasteiger partial charge in [0.1, 0.15) is 5.60 Å². The van der Waals surface area contributed by atoms with Gasteiger partial charge in [0, 0.05) is 6.42 Å². The quantitative estimate of drug-likeness (QED) is 0.407. The average molecular weight is 281 g/mol. The van der Waals surface area contributed by atoms with Gasteiger partial charge >= 0.3 is 12.1 Å². The van der Waals surface area contributed by atoms with Crippen molar-refractivity contribution in [2.75, 3.05) is 12.7 Å². The second-order valence-electron chi connectivity index (χ2n) is 4.75. The van der Waals surface area contributed by atoms with E-state index in [1.807, 2.05) is 20.8 Å². The first-order valence-corrected chi connectivity index (χ1v) is 6.46. The Hall–Kier alpha value is -0.970. The Morgan fingerprint density at radius 3 is 2.28 bits per heavy atom. The predicted molar refractivity (Wildman–Crippen MR) is 67.5 cm³/mol. The number of alkyl halides is 1. The Morgan fingerprint density at radius 2 is 1.72 bits per heavy atom. The third-order valence-corrected chi connectivity index (χ3v) is 1.95. The molecule has 0 bridgehead atoms. The van der Waals surface area contributed by atoms with E-state index in [4.69, 9.17) is 21.1 Å². The van der Waals surface area contributed by atoms with Gasteiger partial charge in [-0.15, -0.1) is 0 Å². The molecular weight excluding hydrogens is 260 g/mol. The molecular formula is C12H21ClO5. The van der Waals surface area contributed by atoms with Crippen LogP contribution in [0.2, 0.25) is 0 Å². The van der Waals surface area contributed by atoms with Crippen LogP contribution in [0, 0.1) is 0 Å². The van der Waals surface area contributed by atoms with Gasteiger partial charge in [-0.25, -0.2) is 4.79 Å². The van der Waals surface area contributed by atoms with E-state index in [2.05, 4.69) is 4.74 Å². The van der Waals surface area contributed by atoms with Crippen LogP contribution in [0.1, 0.15) is 46.5 Å². The number of carbonyl (C=O) groups is 2. The molecule has 0 unspecified atom stereocenters. The zero-order valence-electron chi connectivity index (χ0n) is 11.2. The molecule has 0 spiro atoms. The highest BCUT2D eigenvalue weighted by atomic mass is 35.5. The molecule has 0 N–H and O–H groups in total. The van der Waals surface area contributed by atoms with Crippen molar-refractivity contribution in [1.29, 1.82) is 0 Å². The maximum absolute atomic E-state index is 11.3. The van der Waals surface area contributed by atoms with Crippen molar-refractivity contribution in [1.82, 2.24) is 0 Å². The number of hydrogen-bond acceptors (Lipinski definition) is 5. The molecule has 0 aromatic rings. The van der Waals surface area contributed by atoms with Crippen molar-refractivity contribution in [3.05, 3.63) is 0 Å². The molecule has 0 atom stereocenters. The summed E-state index contributed by atoms with van der Waals surface area (Å²) in [6.07, 6.45) is 1.79. The molecule has 0 rings (SSSR count). The summed E-state index contributed by atoms with van der Waals surface area (Å²) in [4.78, 5) is 22.1. The smallest absolute Gasteiger partial charge is 0.460 e. The number of carbonyl (C=O) groups excluding carboxylic acids is 2. The molecule has 5 nitrogen and oxygen atoms in total. The van der Waals surface area contributed by atoms with E-state index in [9.17, 15) is 9.59 Å². The molecule has 0 aliphatic rings. The van der Waals surface area contributed by atoms with E-state index in [0.29, 0.717) is 19.3 Å². The lowest BCUT2D eigenvalue weighted by atomic mass is 10.1. The van der Waals surface area contributed by atoms with Crippen LogP contribution in [0.5, 0.6) is 0 Å². The number of unbranched alkanes of at least 4 members (excludes halogenated alkanes) is 2. The monoisotopic (exact) mass is 280 g/mol. The van der Waals surface area contributed by atoms with Crippen molar-refractivity contribution in [3.8, 4) is 0 Å². The number of esters is 1. The first-order chi connectivity index (χ1) is 8.35. The summed E-state index contributed by atoms with van der Waals surface area (Å²) >= 11 is 5.17. The number of ether oxygens (including phenoxy) is 3. The van der Waals surface area contributed by atoms with Crippen LogP contribution in [-0.4, -0.2) is 30.4 Å². The Labute approximate surface area is 113 Å². The Kier molecular flexibility index (Phi) is 8.54. The first kappa shape index (κ1) is 17.0. The highest BCUT2D eigenvalue weighted by Crippen LogP contribution is 2.10. The molecule has 0 aromatic heterocycles. The molecule has 18 heavy (non-hydrogen) atoms. The number of hydrogen-bond donors (Lipinski definition) is 0. The van der Waals surface area contributed by atoms with Crippen molar-refractivity contribution >= 4 is 23.7 Å². The van der Waals surface area contributed by atoms with Crippen LogP contribution in [0.15, 0.2) is 0 Å². The zero-order chi connectivity index (χ0) is 14.0. The van der Waals surface area contributed by atoms with Gasteiger partial charge in [-0.1, -0.05) is 11.6 Å². The van der Waals surface area contributed by atoms with Crippen molar-refractivity contribution in [2.24, 2.45) is 0 Å². The molecule has 106 valence electrons. The van der Waals surface area contributed by atoms with E-state index in [1.165, 1.54) is 0 Å². The van der Waals surface area contributed by atoms with E-state index in [-0.39, 0.29) is 18.6 Å². The Bertz CT molecular complexity index is 260. The molecule has 6 heteroatoms. The summed E-state index contributed by atoms with van der Waals surface area (Å²) in [6, 6.07) is -0.211. The highest BCUT2D eigenvalue weighted by molar-refractivity contribution is 6.17. The number of rotatable bonds is 7. The van der Waals surface area contributed by atoms with Crippen LogP contribution in [-0.2, 0) is 19.0 Å². The van der Waals surface area contributed by atoms with Crippen molar-refractivity contribution in [2.45, 2.75) is 52.1 Å². The van der Waals surface area contributed by atoms with Gasteiger partial charge in [0.05, 0.1) is 6.61 Å². The lowest BCUT2D eigenvalue weighted by Crippen LogP contribution is -2.23. The van der Waals surface area contributed by atoms with E-state index < -0.39 is 11.8 Å². The largest absolute Gasteiger partial charge is 0.509 e. The molecule has 0 amide bonds. The van der Waals surface area contributed by atoms with Gasteiger partial charge in [-0.3, -0.25) is 4.79 Å². The van der Waals surface area contributed by atoms with Crippen LogP contribution in [0.3, 0.4) is 0 Å². The van der Waals surface area contributed by atoms with Gasteiger partial charge in [0.15, 0.2) is 6.07 Å². The van der Waals surface area contributed by atoms with E-state index in [1.54, 1.807) is 0 Å². The second-order valence-corrected chi connectivity index (χ2v) is 4.97. The van der Waals surface area contributed by atoms with Gasteiger partial charge in [0.25, 0.3) is 0 Å². The lowest BCUT2D eigenvalue weighted by Gasteiger charge is -2.19. The number of halogens is 1. The third-order valence-electron chi connectivity index (χ3n) is 1.84. The van der Waals surface area contributed by atoms with E-state index in [0.717, 1.165) is 6.42 Å². The summed E-state index contributed by atoms with van der Waals surface area (Å²) in [6.45, 7) is 5.77. The fraction of sp³-hybridized carbons (Fsp3) is 0.833. The molecule has 0 saturated carbocycles. The van der Waals surface area contributed by atoms with E-state index >= 15 is 0 Å². The molecule has 0 fully saturated rings. The fourth-order valence-corrected chi connectivity index (χ4v) is 1.27. The van der Waals surface area contributed by atoms with Crippen LogP contribution in [0.25, 0.3) is 0 Å². The molecule has 0 aliphatic carbocycles. The molecule has 0 radical (unpaired) electrons. The third kappa shape index (κ3) is 11.5. The highest BCUT2D eigenvalue weighted by Gasteiger charge is 2.15. The SMILES string of the molecule is CC(C)(C)OC(=O)CCCCCOC(=O)OCCl. The second kappa shape index (κ2) is 9.03. The minimum absolute atomic E-state index is 0.204. The zero-order valence-corrected chi connectivity index (χ0v) is 11.9. The van der Waals surface area contributed by atoms with Crippen LogP contribution >= 0.6 is 11.6 Å². The fourth-order valence-electron chi connectivity index (χ4n) is 1.18. The minimum atomic E-state index is -0.767. The predicted octanol–water partition coefficient (Wildman–Crippen LogP) is 3.24. The summed E-state index contributed by atoms with van der Waals surface area (Å²) in [5, 5.41) is 0. The van der Waals surface area contributed by atoms with Gasteiger partial charge in [-0.2, -0.15) is 0 Å². The first-order valence-electron chi connectivity index (χ1n) is 5.92. The summed E-state index contributed by atoms with van der Waals surface area (Å²) in [5.74, 6) is -0.204. The molecule has 0 heterocycles. The normalized spacial score (nSPS) is 10.9. The topological polar surface area (TPSA) is 61.8 Å². The van der Waals surface area contributed by atoms with Crippen LogP contribution in [0.4, 0.5) is 4.79 Å². The Balaban J connectivity index is 3.41. The maximum atomic E-state index is 11.3. The summed E-state index contributed by atoms with van der Waals surface area (Å²) < 4.78 is 14.2. The molecule has 0 aromatic carbocycles. The van der Waals surface area contributed by atoms with Crippen molar-refractivity contribution < 1.29 is 23.8 Å². The van der Waals surface area contributed by atoms with Crippen molar-refractivity contribution in [3.63, 3.8) is 0 Å². The molecule has 0 saturated heterocycles. The maximum Gasteiger partial charge on any atom is 0.509 e. The summed E-state index contributed by atoms with van der Waals surface area (Å²) in [5.41, 5.74) is -0.439. The molecule has 0 aliphatic heterocycles. The Morgan fingerprint density at radius 1 is 1.06 bits per heavy atom. The van der Waals surface area contributed by atoms with Gasteiger partial charge < -0.3 is 14.2 Å². The minimum Gasteiger partial charge on any atom is -0.460 e. The average Bonchev–Trinajstić information content (AvgIpc) is 2.21. The standard InChI is InChI=1S/C12H21ClO5/c1-12(2,3)18-10(14)7-5-4-6-8-16-11(15)17-9-13/h4-9H2,1-3H3. The lowest BCUT2D eigenvalue weighted by molar-refractivity contribution is -0.154. The van der Waals surface area contributed by atoms with Crippen LogP contribution < -0.4 is 0 Å². The van der Waals surface area contributed by atoms with Gasteiger partial charge in [-0.05, 0) is 40.0 Å². The van der Waals surface area contributed by atoms with Gasteiger partial charge in [0.2, 0.25) is 0 Å². The summed E-state index contributed by atoms with van der Waals surface area (Å²) in [7, 11) is 0.